The first kappa shape index (κ1) is 8.67. The summed E-state index contributed by atoms with van der Waals surface area (Å²) in [6.45, 7) is 3.04. The number of hydrogen-bond acceptors (Lipinski definition) is 1. The highest BCUT2D eigenvalue weighted by Crippen LogP contribution is 2.11. The van der Waals surface area contributed by atoms with E-state index >= 15 is 0 Å². The average Bonchev–Trinajstić information content (AvgIpc) is 2.15. The summed E-state index contributed by atoms with van der Waals surface area (Å²) in [6.07, 6.45) is 6.44. The van der Waals surface area contributed by atoms with E-state index in [1.807, 2.05) is 35.2 Å². The van der Waals surface area contributed by atoms with E-state index in [9.17, 15) is 0 Å². The number of rotatable bonds is 3. The van der Waals surface area contributed by atoms with Crippen molar-refractivity contribution < 1.29 is 0 Å². The molecule has 0 saturated carbocycles. The molecule has 0 spiro atoms. The van der Waals surface area contributed by atoms with E-state index in [1.165, 1.54) is 0 Å². The van der Waals surface area contributed by atoms with Crippen molar-refractivity contribution in [3.63, 3.8) is 0 Å². The van der Waals surface area contributed by atoms with Gasteiger partial charge in [0.1, 0.15) is 0 Å². The molecule has 1 aromatic carbocycles. The molecule has 0 aliphatic heterocycles. The van der Waals surface area contributed by atoms with Crippen LogP contribution in [0.5, 0.6) is 0 Å². The molecule has 0 amide bonds. The average molecular weight is 159 g/mol. The highest BCUT2D eigenvalue weighted by molar-refractivity contribution is 5.50. The number of nitrogens with zero attached hydrogens (tertiary/aromatic N) is 1. The maximum absolute atomic E-state index is 5.37. The molecular formula is C11H13N. The van der Waals surface area contributed by atoms with Gasteiger partial charge in [0.2, 0.25) is 0 Å². The van der Waals surface area contributed by atoms with Gasteiger partial charge in [-0.15, -0.1) is 0 Å². The van der Waals surface area contributed by atoms with Gasteiger partial charge in [0, 0.05) is 18.3 Å². The molecule has 0 N–H and O–H groups in total. The van der Waals surface area contributed by atoms with E-state index in [0.717, 1.165) is 18.7 Å². The number of terminal acetylenes is 1. The number of para-hydroxylation sites is 1. The highest BCUT2D eigenvalue weighted by Gasteiger charge is 1.98. The molecule has 0 aliphatic rings. The quantitative estimate of drug-likeness (QED) is 0.484. The van der Waals surface area contributed by atoms with Crippen LogP contribution in [0.25, 0.3) is 0 Å². The van der Waals surface area contributed by atoms with Crippen LogP contribution in [-0.4, -0.2) is 6.54 Å². The van der Waals surface area contributed by atoms with Crippen molar-refractivity contribution >= 4 is 5.69 Å². The molecule has 0 saturated heterocycles. The van der Waals surface area contributed by atoms with Crippen LogP contribution in [0.15, 0.2) is 30.3 Å². The summed E-state index contributed by atoms with van der Waals surface area (Å²) in [6, 6.07) is 12.7. The number of anilines is 1. The smallest absolute Gasteiger partial charge is 0.0488 e. The molecule has 0 radical (unpaired) electrons. The van der Waals surface area contributed by atoms with Crippen molar-refractivity contribution in [1.82, 2.24) is 0 Å². The first-order valence-corrected chi connectivity index (χ1v) is 4.17. The van der Waals surface area contributed by atoms with Gasteiger partial charge in [0.05, 0.1) is 0 Å². The summed E-state index contributed by atoms with van der Waals surface area (Å²) >= 11 is 0. The monoisotopic (exact) mass is 159 g/mol. The fourth-order valence-electron chi connectivity index (χ4n) is 1.10. The van der Waals surface area contributed by atoms with Crippen LogP contribution < -0.4 is 4.90 Å². The minimum absolute atomic E-state index is 0.917. The summed E-state index contributed by atoms with van der Waals surface area (Å²) < 4.78 is 0. The lowest BCUT2D eigenvalue weighted by molar-refractivity contribution is 0.895. The van der Waals surface area contributed by atoms with Crippen LogP contribution >= 0.6 is 0 Å². The first-order valence-electron chi connectivity index (χ1n) is 4.17. The van der Waals surface area contributed by atoms with Gasteiger partial charge in [-0.25, -0.2) is 0 Å². The van der Waals surface area contributed by atoms with E-state index in [-0.39, 0.29) is 0 Å². The Morgan fingerprint density at radius 2 is 2.00 bits per heavy atom. The molecule has 0 aliphatic carbocycles. The van der Waals surface area contributed by atoms with Crippen molar-refractivity contribution in [2.75, 3.05) is 11.4 Å². The maximum Gasteiger partial charge on any atom is 0.0488 e. The van der Waals surface area contributed by atoms with Crippen LogP contribution in [-0.2, 0) is 0 Å². The topological polar surface area (TPSA) is 3.24 Å². The standard InChI is InChI=1S/C11H13N/c1-3-10-12(4-2)11-8-6-5-7-9-11/h2,5-9H,3,10H2,1H3. The zero-order chi connectivity index (χ0) is 8.81. The Bertz CT molecular complexity index is 258. The Hall–Kier alpha value is -1.42. The summed E-state index contributed by atoms with van der Waals surface area (Å²) in [5, 5.41) is 0. The summed E-state index contributed by atoms with van der Waals surface area (Å²) in [5.41, 5.74) is 1.10. The van der Waals surface area contributed by atoms with Crippen LogP contribution in [0, 0.1) is 12.5 Å². The zero-order valence-electron chi connectivity index (χ0n) is 7.33. The Kier molecular flexibility index (Phi) is 3.22. The largest absolute Gasteiger partial charge is 0.302 e. The van der Waals surface area contributed by atoms with Gasteiger partial charge in [-0.1, -0.05) is 31.5 Å². The maximum atomic E-state index is 5.37. The second kappa shape index (κ2) is 4.46. The highest BCUT2D eigenvalue weighted by atomic mass is 15.1. The van der Waals surface area contributed by atoms with Gasteiger partial charge >= 0.3 is 0 Å². The SMILES string of the molecule is C#CN(CCC)c1ccccc1. The third-order valence-electron chi connectivity index (χ3n) is 1.67. The fraction of sp³-hybridized carbons (Fsp3) is 0.273. The number of benzene rings is 1. The van der Waals surface area contributed by atoms with Gasteiger partial charge in [-0.05, 0) is 18.6 Å². The lowest BCUT2D eigenvalue weighted by Crippen LogP contribution is -2.16. The second-order valence-corrected chi connectivity index (χ2v) is 2.62. The van der Waals surface area contributed by atoms with Crippen molar-refractivity contribution in [3.05, 3.63) is 30.3 Å². The van der Waals surface area contributed by atoms with Gasteiger partial charge in [0.15, 0.2) is 0 Å². The van der Waals surface area contributed by atoms with Crippen LogP contribution in [0.3, 0.4) is 0 Å². The van der Waals surface area contributed by atoms with Crippen molar-refractivity contribution in [1.29, 1.82) is 0 Å². The molecule has 0 atom stereocenters. The lowest BCUT2D eigenvalue weighted by atomic mass is 10.3. The Morgan fingerprint density at radius 3 is 2.50 bits per heavy atom. The molecule has 1 heteroatoms. The molecule has 0 aromatic heterocycles. The normalized spacial score (nSPS) is 9.00. The van der Waals surface area contributed by atoms with Crippen LogP contribution in [0.2, 0.25) is 0 Å². The molecule has 62 valence electrons. The number of hydrogen-bond donors (Lipinski definition) is 0. The van der Waals surface area contributed by atoms with E-state index < -0.39 is 0 Å². The molecule has 1 aromatic rings. The molecule has 1 nitrogen and oxygen atoms in total. The van der Waals surface area contributed by atoms with Crippen molar-refractivity contribution in [2.45, 2.75) is 13.3 Å². The lowest BCUT2D eigenvalue weighted by Gasteiger charge is -2.15. The Morgan fingerprint density at radius 1 is 1.33 bits per heavy atom. The fourth-order valence-corrected chi connectivity index (χ4v) is 1.10. The van der Waals surface area contributed by atoms with Crippen LogP contribution in [0.4, 0.5) is 5.69 Å². The van der Waals surface area contributed by atoms with Gasteiger partial charge in [-0.2, -0.15) is 0 Å². The van der Waals surface area contributed by atoms with Gasteiger partial charge in [-0.3, -0.25) is 0 Å². The minimum atomic E-state index is 0.917. The Labute approximate surface area is 74.0 Å². The predicted octanol–water partition coefficient (Wildman–Crippen LogP) is 2.49. The van der Waals surface area contributed by atoms with E-state index in [4.69, 9.17) is 6.42 Å². The predicted molar refractivity (Wildman–Crippen MR) is 52.9 cm³/mol. The first-order chi connectivity index (χ1) is 5.88. The summed E-state index contributed by atoms with van der Waals surface area (Å²) in [7, 11) is 0. The molecule has 0 unspecified atom stereocenters. The van der Waals surface area contributed by atoms with Gasteiger partial charge < -0.3 is 4.90 Å². The molecule has 0 fully saturated rings. The van der Waals surface area contributed by atoms with Gasteiger partial charge in [0.25, 0.3) is 0 Å². The summed E-state index contributed by atoms with van der Waals surface area (Å²) in [4.78, 5) is 1.92. The third-order valence-corrected chi connectivity index (χ3v) is 1.67. The second-order valence-electron chi connectivity index (χ2n) is 2.62. The zero-order valence-corrected chi connectivity index (χ0v) is 7.33. The van der Waals surface area contributed by atoms with E-state index in [1.54, 1.807) is 0 Å². The molecule has 0 heterocycles. The van der Waals surface area contributed by atoms with E-state index in [2.05, 4.69) is 13.0 Å². The third kappa shape index (κ3) is 2.03. The molecular weight excluding hydrogens is 146 g/mol. The Balaban J connectivity index is 2.75. The molecule has 1 rings (SSSR count). The molecule has 12 heavy (non-hydrogen) atoms. The van der Waals surface area contributed by atoms with Crippen molar-refractivity contribution in [2.24, 2.45) is 0 Å². The molecule has 0 bridgehead atoms. The minimum Gasteiger partial charge on any atom is -0.302 e. The van der Waals surface area contributed by atoms with Crippen LogP contribution in [0.1, 0.15) is 13.3 Å². The summed E-state index contributed by atoms with van der Waals surface area (Å²) in [5.74, 6) is 0. The van der Waals surface area contributed by atoms with Crippen molar-refractivity contribution in [3.8, 4) is 12.5 Å². The van der Waals surface area contributed by atoms with E-state index in [0.29, 0.717) is 0 Å².